The summed E-state index contributed by atoms with van der Waals surface area (Å²) in [5, 5.41) is 5.40. The lowest BCUT2D eigenvalue weighted by Crippen LogP contribution is -2.10. The predicted octanol–water partition coefficient (Wildman–Crippen LogP) is 7.00. The normalized spacial score (nSPS) is 11.1. The molecular weight excluding hydrogens is 491 g/mol. The Balaban J connectivity index is 0.000000152. The molecule has 180 valence electrons. The van der Waals surface area contributed by atoms with Gasteiger partial charge in [-0.2, -0.15) is 0 Å². The summed E-state index contributed by atoms with van der Waals surface area (Å²) in [7, 11) is 8.18. The smallest absolute Gasteiger partial charge is 0.0986 e. The Kier molecular flexibility index (Phi) is 6.48. The van der Waals surface area contributed by atoms with E-state index in [4.69, 9.17) is 23.2 Å². The number of fused-ring (bicyclic) bond motifs is 6. The summed E-state index contributed by atoms with van der Waals surface area (Å²) in [5.74, 6) is 0. The maximum atomic E-state index is 6.10. The first-order valence-electron chi connectivity index (χ1n) is 11.4. The van der Waals surface area contributed by atoms with Gasteiger partial charge in [-0.25, -0.2) is 0 Å². The van der Waals surface area contributed by atoms with Crippen molar-refractivity contribution in [2.45, 2.75) is 0 Å². The van der Waals surface area contributed by atoms with E-state index >= 15 is 0 Å². The molecule has 0 aliphatic rings. The van der Waals surface area contributed by atoms with Crippen LogP contribution in [-0.4, -0.2) is 48.1 Å². The van der Waals surface area contributed by atoms with E-state index < -0.39 is 0 Å². The molecule has 6 aromatic rings. The molecule has 4 heterocycles. The van der Waals surface area contributed by atoms with Crippen molar-refractivity contribution in [2.24, 2.45) is 0 Å². The number of hydrogen-bond acceptors (Lipinski definition) is 6. The molecular formula is C28H24Cl2N6. The predicted molar refractivity (Wildman–Crippen MR) is 153 cm³/mol. The number of hydrogen-bond donors (Lipinski definition) is 0. The van der Waals surface area contributed by atoms with Gasteiger partial charge >= 0.3 is 0 Å². The van der Waals surface area contributed by atoms with E-state index in [1.165, 1.54) is 0 Å². The molecule has 0 saturated carbocycles. The van der Waals surface area contributed by atoms with Gasteiger partial charge in [-0.15, -0.1) is 0 Å². The van der Waals surface area contributed by atoms with E-state index in [1.54, 1.807) is 24.5 Å². The van der Waals surface area contributed by atoms with Gasteiger partial charge in [0.25, 0.3) is 0 Å². The van der Waals surface area contributed by atoms with Gasteiger partial charge in [-0.1, -0.05) is 35.3 Å². The number of nitrogens with zero attached hydrogens (tertiary/aromatic N) is 6. The Morgan fingerprint density at radius 2 is 0.750 bits per heavy atom. The monoisotopic (exact) mass is 514 g/mol. The van der Waals surface area contributed by atoms with Crippen LogP contribution in [0.2, 0.25) is 10.0 Å². The van der Waals surface area contributed by atoms with Crippen LogP contribution in [-0.2, 0) is 0 Å². The highest BCUT2D eigenvalue weighted by molar-refractivity contribution is 6.38. The molecule has 6 rings (SSSR count). The molecule has 6 nitrogen and oxygen atoms in total. The Morgan fingerprint density at radius 1 is 0.444 bits per heavy atom. The molecule has 0 N–H and O–H groups in total. The number of anilines is 2. The van der Waals surface area contributed by atoms with Crippen LogP contribution >= 0.6 is 23.2 Å². The number of aromatic nitrogens is 4. The minimum absolute atomic E-state index is 0.675. The summed E-state index contributed by atoms with van der Waals surface area (Å²) < 4.78 is 0. The maximum absolute atomic E-state index is 6.10. The third-order valence-corrected chi connectivity index (χ3v) is 6.71. The molecule has 2 aromatic carbocycles. The molecule has 0 fully saturated rings. The van der Waals surface area contributed by atoms with Gasteiger partial charge in [-0.05, 0) is 36.4 Å². The van der Waals surface area contributed by atoms with Gasteiger partial charge in [0.15, 0.2) is 0 Å². The lowest BCUT2D eigenvalue weighted by molar-refractivity contribution is 1.13. The second-order valence-corrected chi connectivity index (χ2v) is 9.56. The van der Waals surface area contributed by atoms with Gasteiger partial charge in [0.1, 0.15) is 0 Å². The Morgan fingerprint density at radius 3 is 1.11 bits per heavy atom. The highest BCUT2D eigenvalue weighted by atomic mass is 35.5. The van der Waals surface area contributed by atoms with Crippen LogP contribution in [0.4, 0.5) is 11.4 Å². The minimum atomic E-state index is 0.675. The van der Waals surface area contributed by atoms with Gasteiger partial charge in [-0.3, -0.25) is 19.9 Å². The molecule has 0 spiro atoms. The third kappa shape index (κ3) is 4.23. The van der Waals surface area contributed by atoms with Crippen molar-refractivity contribution in [2.75, 3.05) is 38.0 Å². The topological polar surface area (TPSA) is 58.0 Å². The van der Waals surface area contributed by atoms with Crippen molar-refractivity contribution in [3.63, 3.8) is 0 Å². The van der Waals surface area contributed by atoms with E-state index in [-0.39, 0.29) is 0 Å². The first kappa shape index (κ1) is 24.0. The summed E-state index contributed by atoms with van der Waals surface area (Å²) in [6.07, 6.45) is 7.04. The molecule has 0 aliphatic heterocycles. The van der Waals surface area contributed by atoms with Gasteiger partial charge in [0, 0.05) is 85.9 Å². The van der Waals surface area contributed by atoms with Crippen molar-refractivity contribution >= 4 is 78.2 Å². The number of pyridine rings is 4. The molecule has 0 saturated heterocycles. The van der Waals surface area contributed by atoms with Crippen molar-refractivity contribution in [1.82, 2.24) is 19.9 Å². The van der Waals surface area contributed by atoms with Crippen LogP contribution in [0, 0.1) is 0 Å². The lowest BCUT2D eigenvalue weighted by Gasteiger charge is -2.18. The van der Waals surface area contributed by atoms with Crippen LogP contribution in [0.15, 0.2) is 73.3 Å². The molecule has 0 atom stereocenters. The number of halogens is 2. The average molecular weight is 515 g/mol. The van der Waals surface area contributed by atoms with Gasteiger partial charge in [0.2, 0.25) is 0 Å². The van der Waals surface area contributed by atoms with Crippen LogP contribution in [0.25, 0.3) is 43.6 Å². The summed E-state index contributed by atoms with van der Waals surface area (Å²) in [4.78, 5) is 21.9. The first-order valence-corrected chi connectivity index (χ1v) is 12.1. The molecule has 0 aliphatic carbocycles. The van der Waals surface area contributed by atoms with Crippen molar-refractivity contribution < 1.29 is 0 Å². The van der Waals surface area contributed by atoms with Crippen molar-refractivity contribution in [3.05, 3.63) is 83.4 Å². The van der Waals surface area contributed by atoms with Crippen molar-refractivity contribution in [3.8, 4) is 0 Å². The minimum Gasteiger partial charge on any atom is -0.377 e. The summed E-state index contributed by atoms with van der Waals surface area (Å²) >= 11 is 12.2. The largest absolute Gasteiger partial charge is 0.377 e. The van der Waals surface area contributed by atoms with Crippen LogP contribution in [0.3, 0.4) is 0 Å². The van der Waals surface area contributed by atoms with E-state index in [0.29, 0.717) is 10.0 Å². The fourth-order valence-electron chi connectivity index (χ4n) is 4.34. The Hall–Kier alpha value is -3.74. The third-order valence-electron chi connectivity index (χ3n) is 6.05. The Labute approximate surface area is 219 Å². The van der Waals surface area contributed by atoms with Crippen LogP contribution < -0.4 is 9.80 Å². The quantitative estimate of drug-likeness (QED) is 0.231. The molecule has 0 radical (unpaired) electrons. The molecule has 8 heteroatoms. The van der Waals surface area contributed by atoms with E-state index in [0.717, 1.165) is 55.0 Å². The first-order chi connectivity index (χ1) is 17.4. The zero-order valence-electron chi connectivity index (χ0n) is 20.4. The molecule has 0 unspecified atom stereocenters. The highest BCUT2D eigenvalue weighted by Gasteiger charge is 2.11. The number of rotatable bonds is 2. The summed E-state index contributed by atoms with van der Waals surface area (Å²) in [6, 6.07) is 15.7. The van der Waals surface area contributed by atoms with E-state index in [9.17, 15) is 0 Å². The fraction of sp³-hybridized carbons (Fsp3) is 0.143. The second kappa shape index (κ2) is 9.72. The van der Waals surface area contributed by atoms with Gasteiger partial charge < -0.3 is 9.80 Å². The zero-order valence-corrected chi connectivity index (χ0v) is 21.9. The van der Waals surface area contributed by atoms with Crippen molar-refractivity contribution in [1.29, 1.82) is 0 Å². The highest BCUT2D eigenvalue weighted by Crippen LogP contribution is 2.33. The van der Waals surface area contributed by atoms with E-state index in [1.807, 2.05) is 64.8 Å². The van der Waals surface area contributed by atoms with Gasteiger partial charge in [0.05, 0.1) is 32.1 Å². The average Bonchev–Trinajstić information content (AvgIpc) is 2.88. The molecule has 0 amide bonds. The molecule has 0 bridgehead atoms. The SMILES string of the molecule is CN(C)c1ccnc2c1ccc1c(N(C)C)ccnc12.Clc1ccnc2c1ccc1c(Cl)ccnc12. The molecule has 4 aromatic heterocycles. The zero-order chi connectivity index (χ0) is 25.4. The van der Waals surface area contributed by atoms with E-state index in [2.05, 4.69) is 41.9 Å². The van der Waals surface area contributed by atoms with Crippen LogP contribution in [0.1, 0.15) is 0 Å². The second-order valence-electron chi connectivity index (χ2n) is 8.75. The summed E-state index contributed by atoms with van der Waals surface area (Å²) in [5.41, 5.74) is 5.80. The lowest BCUT2D eigenvalue weighted by atomic mass is 10.1. The molecule has 36 heavy (non-hydrogen) atoms. The maximum Gasteiger partial charge on any atom is 0.0986 e. The fourth-order valence-corrected chi connectivity index (χ4v) is 4.76. The van der Waals surface area contributed by atoms with Crippen LogP contribution in [0.5, 0.6) is 0 Å². The summed E-state index contributed by atoms with van der Waals surface area (Å²) in [6.45, 7) is 0. The number of benzene rings is 2. The Bertz CT molecular complexity index is 1610. The standard InChI is InChI=1S/C16H18N4.C12H6Cl2N2/c1-19(2)13-7-9-17-15-11(13)5-6-12-14(20(3)4)8-10-18-16(12)15;13-9-3-5-15-11-7(9)1-2-8-10(14)4-6-16-12(8)11/h5-10H,1-4H3;1-6H.